The van der Waals surface area contributed by atoms with Crippen LogP contribution in [0.4, 0.5) is 23.7 Å². The van der Waals surface area contributed by atoms with Crippen LogP contribution in [-0.2, 0) is 10.9 Å². The van der Waals surface area contributed by atoms with E-state index in [2.05, 4.69) is 0 Å². The Morgan fingerprint density at radius 2 is 2.00 bits per heavy atom. The number of nitrogens with two attached hydrogens (primary N) is 1. The molecule has 1 atom stereocenters. The number of hydrogen-bond donors (Lipinski definition) is 1. The lowest BCUT2D eigenvalue weighted by atomic mass is 9.91. The Kier molecular flexibility index (Phi) is 6.83. The van der Waals surface area contributed by atoms with E-state index in [1.807, 2.05) is 0 Å². The minimum absolute atomic E-state index is 0.00398. The van der Waals surface area contributed by atoms with E-state index in [-0.39, 0.29) is 19.0 Å². The molecule has 1 aliphatic heterocycles. The molecule has 0 saturated carbocycles. The molecule has 30 heavy (non-hydrogen) atoms. The summed E-state index contributed by atoms with van der Waals surface area (Å²) in [6, 6.07) is 9.14. The average molecular weight is 459 g/mol. The molecule has 1 amide bonds. The van der Waals surface area contributed by atoms with E-state index in [1.54, 1.807) is 30.3 Å². The van der Waals surface area contributed by atoms with Crippen molar-refractivity contribution in [1.82, 2.24) is 4.90 Å². The number of ether oxygens (including phenoxy) is 1. The van der Waals surface area contributed by atoms with Crippen LogP contribution in [0, 0.1) is 0 Å². The highest BCUT2D eigenvalue weighted by Crippen LogP contribution is 2.38. The Labute approximate surface area is 182 Å². The van der Waals surface area contributed by atoms with E-state index < -0.39 is 23.9 Å². The molecule has 0 radical (unpaired) electrons. The van der Waals surface area contributed by atoms with E-state index in [4.69, 9.17) is 33.7 Å². The molecule has 0 spiro atoms. The van der Waals surface area contributed by atoms with Gasteiger partial charge in [0.15, 0.2) is 0 Å². The summed E-state index contributed by atoms with van der Waals surface area (Å²) < 4.78 is 44.8. The Hall–Kier alpha value is -2.38. The van der Waals surface area contributed by atoms with Gasteiger partial charge in [-0.15, -0.1) is 11.6 Å². The SMILES string of the molecule is Nc1ccc(Cl)cc1C1=CC(c2cccc(C(F)(F)F)c2)N(C(=O)OCCCl)CC1. The fourth-order valence-corrected chi connectivity index (χ4v) is 3.61. The van der Waals surface area contributed by atoms with Crippen LogP contribution >= 0.6 is 23.2 Å². The minimum Gasteiger partial charge on any atom is -0.448 e. The summed E-state index contributed by atoms with van der Waals surface area (Å²) in [5, 5.41) is 0.486. The van der Waals surface area contributed by atoms with E-state index >= 15 is 0 Å². The molecular formula is C21H19Cl2F3N2O2. The average Bonchev–Trinajstić information content (AvgIpc) is 2.73. The molecule has 1 aliphatic rings. The second-order valence-electron chi connectivity index (χ2n) is 6.74. The first kappa shape index (κ1) is 22.3. The fraction of sp³-hybridized carbons (Fsp3) is 0.286. The Balaban J connectivity index is 2.06. The molecule has 1 heterocycles. The van der Waals surface area contributed by atoms with Crippen LogP contribution in [0.2, 0.25) is 5.02 Å². The van der Waals surface area contributed by atoms with Crippen molar-refractivity contribution in [3.63, 3.8) is 0 Å². The summed E-state index contributed by atoms with van der Waals surface area (Å²) >= 11 is 11.7. The van der Waals surface area contributed by atoms with E-state index in [9.17, 15) is 18.0 Å². The van der Waals surface area contributed by atoms with Gasteiger partial charge in [-0.05, 0) is 47.9 Å². The van der Waals surface area contributed by atoms with Crippen molar-refractivity contribution in [2.75, 3.05) is 24.8 Å². The minimum atomic E-state index is -4.50. The van der Waals surface area contributed by atoms with Crippen molar-refractivity contribution >= 4 is 40.6 Å². The molecule has 0 aliphatic carbocycles. The number of alkyl halides is 4. The molecule has 3 rings (SSSR count). The molecule has 0 aromatic heterocycles. The van der Waals surface area contributed by atoms with Crippen molar-refractivity contribution in [2.24, 2.45) is 0 Å². The van der Waals surface area contributed by atoms with Gasteiger partial charge in [0.05, 0.1) is 17.5 Å². The fourth-order valence-electron chi connectivity index (χ4n) is 3.36. The van der Waals surface area contributed by atoms with Crippen molar-refractivity contribution < 1.29 is 22.7 Å². The van der Waals surface area contributed by atoms with Crippen LogP contribution in [0.1, 0.15) is 29.2 Å². The first-order valence-corrected chi connectivity index (χ1v) is 10.0. The molecule has 2 aromatic rings. The maximum absolute atomic E-state index is 13.2. The lowest BCUT2D eigenvalue weighted by Crippen LogP contribution is -2.38. The third kappa shape index (κ3) is 5.02. The number of halogens is 5. The van der Waals surface area contributed by atoms with Crippen molar-refractivity contribution in [2.45, 2.75) is 18.6 Å². The molecule has 2 aromatic carbocycles. The van der Waals surface area contributed by atoms with Crippen LogP contribution in [0.3, 0.4) is 0 Å². The predicted octanol–water partition coefficient (Wildman–Crippen LogP) is 6.15. The second kappa shape index (κ2) is 9.18. The molecule has 4 nitrogen and oxygen atoms in total. The summed E-state index contributed by atoms with van der Waals surface area (Å²) in [5.74, 6) is 0.119. The van der Waals surface area contributed by atoms with Gasteiger partial charge in [-0.3, -0.25) is 4.90 Å². The van der Waals surface area contributed by atoms with Crippen LogP contribution < -0.4 is 5.73 Å². The van der Waals surface area contributed by atoms with Gasteiger partial charge in [-0.1, -0.05) is 29.8 Å². The van der Waals surface area contributed by atoms with Gasteiger partial charge < -0.3 is 10.5 Å². The number of rotatable bonds is 4. The largest absolute Gasteiger partial charge is 0.448 e. The van der Waals surface area contributed by atoms with Crippen molar-refractivity contribution in [3.8, 4) is 0 Å². The van der Waals surface area contributed by atoms with Crippen LogP contribution in [0.25, 0.3) is 5.57 Å². The highest BCUT2D eigenvalue weighted by molar-refractivity contribution is 6.30. The van der Waals surface area contributed by atoms with Crippen LogP contribution in [0.5, 0.6) is 0 Å². The number of amides is 1. The number of hydrogen-bond acceptors (Lipinski definition) is 3. The molecule has 9 heteroatoms. The normalized spacial score (nSPS) is 16.9. The first-order chi connectivity index (χ1) is 14.2. The molecule has 160 valence electrons. The summed E-state index contributed by atoms with van der Waals surface area (Å²) in [6.07, 6.45) is -2.98. The Morgan fingerprint density at radius 3 is 2.70 bits per heavy atom. The van der Waals surface area contributed by atoms with E-state index in [1.165, 1.54) is 11.0 Å². The monoisotopic (exact) mass is 458 g/mol. The first-order valence-electron chi connectivity index (χ1n) is 9.13. The molecule has 0 fully saturated rings. The van der Waals surface area contributed by atoms with Crippen molar-refractivity contribution in [3.05, 3.63) is 70.3 Å². The van der Waals surface area contributed by atoms with Crippen molar-refractivity contribution in [1.29, 1.82) is 0 Å². The van der Waals surface area contributed by atoms with Gasteiger partial charge >= 0.3 is 12.3 Å². The lowest BCUT2D eigenvalue weighted by molar-refractivity contribution is -0.137. The standard InChI is InChI=1S/C21H19Cl2F3N2O2/c22-7-9-30-20(29)28-8-6-13(17-12-16(23)4-5-18(17)27)11-19(28)14-2-1-3-15(10-14)21(24,25)26/h1-5,10-12,19H,6-9,27H2. The smallest absolute Gasteiger partial charge is 0.416 e. The second-order valence-corrected chi connectivity index (χ2v) is 7.55. The maximum atomic E-state index is 13.2. The number of carbonyl (C=O) groups is 1. The number of anilines is 1. The molecule has 2 N–H and O–H groups in total. The number of benzene rings is 2. The predicted molar refractivity (Wildman–Crippen MR) is 111 cm³/mol. The van der Waals surface area contributed by atoms with Gasteiger partial charge in [-0.25, -0.2) is 4.79 Å². The molecule has 0 saturated heterocycles. The maximum Gasteiger partial charge on any atom is 0.416 e. The van der Waals surface area contributed by atoms with Gasteiger partial charge in [0.1, 0.15) is 6.61 Å². The topological polar surface area (TPSA) is 55.6 Å². The Morgan fingerprint density at radius 1 is 1.23 bits per heavy atom. The zero-order valence-electron chi connectivity index (χ0n) is 15.8. The van der Waals surface area contributed by atoms with Gasteiger partial charge in [-0.2, -0.15) is 13.2 Å². The molecule has 1 unspecified atom stereocenters. The van der Waals surface area contributed by atoms with E-state index in [0.717, 1.165) is 17.7 Å². The third-order valence-corrected chi connectivity index (χ3v) is 5.16. The lowest BCUT2D eigenvalue weighted by Gasteiger charge is -2.34. The van der Waals surface area contributed by atoms with E-state index in [0.29, 0.717) is 28.3 Å². The summed E-state index contributed by atoms with van der Waals surface area (Å²) in [4.78, 5) is 13.9. The zero-order chi connectivity index (χ0) is 21.9. The highest BCUT2D eigenvalue weighted by Gasteiger charge is 2.34. The van der Waals surface area contributed by atoms with Gasteiger partial charge in [0.2, 0.25) is 0 Å². The van der Waals surface area contributed by atoms with Gasteiger partial charge in [0, 0.05) is 22.8 Å². The highest BCUT2D eigenvalue weighted by atomic mass is 35.5. The number of nitrogen functional groups attached to an aromatic ring is 1. The number of nitrogens with zero attached hydrogens (tertiary/aromatic N) is 1. The third-order valence-electron chi connectivity index (χ3n) is 4.77. The summed E-state index contributed by atoms with van der Waals surface area (Å²) in [7, 11) is 0. The number of carbonyl (C=O) groups excluding carboxylic acids is 1. The van der Waals surface area contributed by atoms with Gasteiger partial charge in [0.25, 0.3) is 0 Å². The molecular weight excluding hydrogens is 440 g/mol. The zero-order valence-corrected chi connectivity index (χ0v) is 17.3. The van der Waals surface area contributed by atoms with Crippen LogP contribution in [0.15, 0.2) is 48.5 Å². The summed E-state index contributed by atoms with van der Waals surface area (Å²) in [6.45, 7) is 0.240. The molecule has 0 bridgehead atoms. The quantitative estimate of drug-likeness (QED) is 0.441. The van der Waals surface area contributed by atoms with Crippen LogP contribution in [-0.4, -0.2) is 30.0 Å². The Bertz CT molecular complexity index is 964. The summed E-state index contributed by atoms with van der Waals surface area (Å²) in [5.41, 5.74) is 7.56.